The lowest BCUT2D eigenvalue weighted by Gasteiger charge is -2.18. The third kappa shape index (κ3) is 5.36. The molecule has 4 aromatic rings. The van der Waals surface area contributed by atoms with Crippen molar-refractivity contribution in [2.45, 2.75) is 13.0 Å². The number of hydrogen-bond donors (Lipinski definition) is 2. The molecule has 0 radical (unpaired) electrons. The van der Waals surface area contributed by atoms with Crippen molar-refractivity contribution in [1.29, 1.82) is 5.26 Å². The van der Waals surface area contributed by atoms with E-state index in [-0.39, 0.29) is 25.7 Å². The first kappa shape index (κ1) is 24.0. The molecule has 1 amide bonds. The summed E-state index contributed by atoms with van der Waals surface area (Å²) in [6.45, 7) is 1.55. The minimum absolute atomic E-state index is 0.0243. The number of nitrogens with zero attached hydrogens (tertiary/aromatic N) is 6. The van der Waals surface area contributed by atoms with Crippen LogP contribution in [0, 0.1) is 18.3 Å². The number of pyridine rings is 1. The number of para-hydroxylation sites is 1. The van der Waals surface area contributed by atoms with Crippen LogP contribution in [-0.2, 0) is 9.53 Å². The molecule has 12 heteroatoms. The second-order valence-electron chi connectivity index (χ2n) is 7.34. The van der Waals surface area contributed by atoms with Gasteiger partial charge in [0, 0.05) is 6.20 Å². The topological polar surface area (TPSA) is 148 Å². The first-order valence-corrected chi connectivity index (χ1v) is 10.9. The average molecular weight is 494 g/mol. The van der Waals surface area contributed by atoms with Gasteiger partial charge in [0.25, 0.3) is 5.91 Å². The number of aliphatic hydroxyl groups excluding tert-OH is 1. The standard InChI is InChI=1S/C23H20ClN7O4/c1-14-5-6-19(26-10-14)30-22(33)18(12-34-8-7-32)35-23-16-11-29-31(21(16)27-13-28-23)20-15(9-25)3-2-4-17(20)24/h2-6,10-11,13,18,32H,7-8,12H2,1H3,(H,26,30,33)/t18-/m0/s1. The van der Waals surface area contributed by atoms with E-state index in [4.69, 9.17) is 26.2 Å². The lowest BCUT2D eigenvalue weighted by atomic mass is 10.2. The van der Waals surface area contributed by atoms with E-state index in [0.717, 1.165) is 5.56 Å². The van der Waals surface area contributed by atoms with Gasteiger partial charge in [-0.2, -0.15) is 10.4 Å². The van der Waals surface area contributed by atoms with Gasteiger partial charge in [-0.15, -0.1) is 0 Å². The molecule has 178 valence electrons. The van der Waals surface area contributed by atoms with Gasteiger partial charge in [-0.1, -0.05) is 23.7 Å². The van der Waals surface area contributed by atoms with E-state index in [2.05, 4.69) is 31.4 Å². The number of fused-ring (bicyclic) bond motifs is 1. The van der Waals surface area contributed by atoms with Crippen LogP contribution < -0.4 is 10.1 Å². The van der Waals surface area contributed by atoms with Crippen LogP contribution in [0.15, 0.2) is 49.1 Å². The summed E-state index contributed by atoms with van der Waals surface area (Å²) in [6, 6.07) is 10.5. The van der Waals surface area contributed by atoms with Crippen LogP contribution in [0.4, 0.5) is 5.82 Å². The Balaban J connectivity index is 1.65. The van der Waals surface area contributed by atoms with Crippen molar-refractivity contribution < 1.29 is 19.4 Å². The van der Waals surface area contributed by atoms with Gasteiger partial charge in [-0.3, -0.25) is 4.79 Å². The van der Waals surface area contributed by atoms with Gasteiger partial charge >= 0.3 is 0 Å². The molecule has 0 aliphatic heterocycles. The SMILES string of the molecule is Cc1ccc(NC(=O)[C@H](COCCO)Oc2ncnc3c2cnn3-c2c(Cl)cccc2C#N)nc1. The third-order valence-electron chi connectivity index (χ3n) is 4.86. The monoisotopic (exact) mass is 493 g/mol. The Morgan fingerprint density at radius 3 is 2.86 bits per heavy atom. The number of carbonyl (C=O) groups is 1. The Kier molecular flexibility index (Phi) is 7.47. The van der Waals surface area contributed by atoms with Gasteiger partial charge in [0.1, 0.15) is 29.3 Å². The maximum absolute atomic E-state index is 13.0. The number of rotatable bonds is 9. The molecule has 0 fully saturated rings. The molecule has 1 atom stereocenters. The quantitative estimate of drug-likeness (QED) is 0.335. The molecule has 0 spiro atoms. The second-order valence-corrected chi connectivity index (χ2v) is 7.74. The first-order chi connectivity index (χ1) is 17.0. The molecule has 4 rings (SSSR count). The maximum atomic E-state index is 13.0. The number of nitriles is 1. The Labute approximate surface area is 204 Å². The Morgan fingerprint density at radius 1 is 1.26 bits per heavy atom. The van der Waals surface area contributed by atoms with Crippen LogP contribution in [0.1, 0.15) is 11.1 Å². The normalized spacial score (nSPS) is 11.7. The van der Waals surface area contributed by atoms with Crippen LogP contribution in [-0.4, -0.2) is 61.7 Å². The van der Waals surface area contributed by atoms with Crippen LogP contribution in [0.5, 0.6) is 5.88 Å². The maximum Gasteiger partial charge on any atom is 0.269 e. The molecular weight excluding hydrogens is 474 g/mol. The molecule has 0 saturated heterocycles. The van der Waals surface area contributed by atoms with Crippen molar-refractivity contribution in [3.8, 4) is 17.6 Å². The number of hydrogen-bond acceptors (Lipinski definition) is 9. The highest BCUT2D eigenvalue weighted by Crippen LogP contribution is 2.29. The molecule has 3 aromatic heterocycles. The number of halogens is 1. The summed E-state index contributed by atoms with van der Waals surface area (Å²) < 4.78 is 12.7. The number of aromatic nitrogens is 5. The first-order valence-electron chi connectivity index (χ1n) is 10.5. The van der Waals surface area contributed by atoms with Gasteiger partial charge in [0.2, 0.25) is 12.0 Å². The van der Waals surface area contributed by atoms with E-state index in [0.29, 0.717) is 33.1 Å². The number of carbonyl (C=O) groups excluding carboxylic acids is 1. The Hall–Kier alpha value is -4.11. The van der Waals surface area contributed by atoms with E-state index >= 15 is 0 Å². The molecule has 1 aromatic carbocycles. The largest absolute Gasteiger partial charge is 0.461 e. The summed E-state index contributed by atoms with van der Waals surface area (Å²) in [6.07, 6.45) is 3.21. The van der Waals surface area contributed by atoms with Gasteiger partial charge < -0.3 is 19.9 Å². The number of aryl methyl sites for hydroxylation is 1. The van der Waals surface area contributed by atoms with Gasteiger partial charge in [-0.25, -0.2) is 19.6 Å². The average Bonchev–Trinajstić information content (AvgIpc) is 3.29. The number of amides is 1. The van der Waals surface area contributed by atoms with Crippen molar-refractivity contribution >= 4 is 34.4 Å². The minimum atomic E-state index is -1.12. The summed E-state index contributed by atoms with van der Waals surface area (Å²) in [7, 11) is 0. The fraction of sp³-hybridized carbons (Fsp3) is 0.217. The fourth-order valence-corrected chi connectivity index (χ4v) is 3.46. The van der Waals surface area contributed by atoms with E-state index in [1.165, 1.54) is 17.2 Å². The highest BCUT2D eigenvalue weighted by molar-refractivity contribution is 6.32. The predicted octanol–water partition coefficient (Wildman–Crippen LogP) is 2.44. The Morgan fingerprint density at radius 2 is 2.11 bits per heavy atom. The summed E-state index contributed by atoms with van der Waals surface area (Å²) in [5.74, 6) is -0.0903. The van der Waals surface area contributed by atoms with Gasteiger partial charge in [0.15, 0.2) is 5.65 Å². The molecule has 0 saturated carbocycles. The fourth-order valence-electron chi connectivity index (χ4n) is 3.20. The number of ether oxygens (including phenoxy) is 2. The molecule has 0 aliphatic rings. The van der Waals surface area contributed by atoms with Crippen molar-refractivity contribution in [1.82, 2.24) is 24.7 Å². The van der Waals surface area contributed by atoms with Crippen molar-refractivity contribution in [2.75, 3.05) is 25.1 Å². The van der Waals surface area contributed by atoms with Gasteiger partial charge in [-0.05, 0) is 30.7 Å². The second kappa shape index (κ2) is 10.9. The minimum Gasteiger partial charge on any atom is -0.461 e. The summed E-state index contributed by atoms with van der Waals surface area (Å²) in [5.41, 5.74) is 1.95. The van der Waals surface area contributed by atoms with Crippen molar-refractivity contribution in [3.05, 3.63) is 65.2 Å². The van der Waals surface area contributed by atoms with Crippen LogP contribution in [0.3, 0.4) is 0 Å². The van der Waals surface area contributed by atoms with E-state index < -0.39 is 12.0 Å². The molecule has 11 nitrogen and oxygen atoms in total. The summed E-state index contributed by atoms with van der Waals surface area (Å²) in [4.78, 5) is 25.5. The zero-order chi connectivity index (χ0) is 24.8. The number of nitrogens with one attached hydrogen (secondary N) is 1. The van der Waals surface area contributed by atoms with E-state index in [1.54, 1.807) is 30.5 Å². The molecule has 3 heterocycles. The lowest BCUT2D eigenvalue weighted by molar-refractivity contribution is -0.125. The number of anilines is 1. The van der Waals surface area contributed by atoms with Crippen molar-refractivity contribution in [2.24, 2.45) is 0 Å². The van der Waals surface area contributed by atoms with Crippen molar-refractivity contribution in [3.63, 3.8) is 0 Å². The highest BCUT2D eigenvalue weighted by atomic mass is 35.5. The molecule has 0 unspecified atom stereocenters. The number of aliphatic hydroxyl groups is 1. The smallest absolute Gasteiger partial charge is 0.269 e. The van der Waals surface area contributed by atoms with Crippen LogP contribution in [0.25, 0.3) is 16.7 Å². The highest BCUT2D eigenvalue weighted by Gasteiger charge is 2.25. The molecule has 0 aliphatic carbocycles. The summed E-state index contributed by atoms with van der Waals surface area (Å²) >= 11 is 6.34. The van der Waals surface area contributed by atoms with E-state index in [9.17, 15) is 10.1 Å². The third-order valence-corrected chi connectivity index (χ3v) is 5.17. The van der Waals surface area contributed by atoms with Crippen LogP contribution >= 0.6 is 11.6 Å². The predicted molar refractivity (Wildman–Crippen MR) is 126 cm³/mol. The zero-order valence-electron chi connectivity index (χ0n) is 18.6. The lowest BCUT2D eigenvalue weighted by Crippen LogP contribution is -2.37. The van der Waals surface area contributed by atoms with Gasteiger partial charge in [0.05, 0.1) is 36.6 Å². The molecule has 2 N–H and O–H groups in total. The summed E-state index contributed by atoms with van der Waals surface area (Å²) in [5, 5.41) is 26.3. The molecule has 35 heavy (non-hydrogen) atoms. The molecular formula is C23H20ClN7O4. The Bertz CT molecular complexity index is 1390. The number of benzene rings is 1. The molecule has 0 bridgehead atoms. The zero-order valence-corrected chi connectivity index (χ0v) is 19.3. The van der Waals surface area contributed by atoms with E-state index in [1.807, 2.05) is 13.0 Å². The van der Waals surface area contributed by atoms with Crippen LogP contribution in [0.2, 0.25) is 5.02 Å².